The fourth-order valence-electron chi connectivity index (χ4n) is 3.24. The van der Waals surface area contributed by atoms with Crippen molar-refractivity contribution >= 4 is 5.97 Å². The number of ether oxygens (including phenoxy) is 1. The molecule has 3 unspecified atom stereocenters. The Bertz CT molecular complexity index is 313. The van der Waals surface area contributed by atoms with Gasteiger partial charge in [-0.25, -0.2) is 4.79 Å². The Kier molecular flexibility index (Phi) is 3.36. The van der Waals surface area contributed by atoms with Crippen LogP contribution in [0.4, 0.5) is 0 Å². The Morgan fingerprint density at radius 1 is 1.25 bits per heavy atom. The van der Waals surface area contributed by atoms with E-state index in [-0.39, 0.29) is 12.1 Å². The molecule has 2 fully saturated rings. The Morgan fingerprint density at radius 2 is 2.00 bits per heavy atom. The highest BCUT2D eigenvalue weighted by molar-refractivity contribution is 5.89. The molecule has 0 aromatic carbocycles. The lowest BCUT2D eigenvalue weighted by Gasteiger charge is -2.22. The second kappa shape index (κ2) is 4.60. The zero-order chi connectivity index (χ0) is 11.7. The van der Waals surface area contributed by atoms with Gasteiger partial charge in [0.25, 0.3) is 0 Å². The van der Waals surface area contributed by atoms with Gasteiger partial charge in [-0.15, -0.1) is 0 Å². The quantitative estimate of drug-likeness (QED) is 0.540. The van der Waals surface area contributed by atoms with Gasteiger partial charge in [0.1, 0.15) is 6.10 Å². The normalized spacial score (nSPS) is 31.6. The lowest BCUT2D eigenvalue weighted by molar-refractivity contribution is -0.146. The first kappa shape index (κ1) is 11.7. The lowest BCUT2D eigenvalue weighted by Crippen LogP contribution is -2.25. The van der Waals surface area contributed by atoms with Gasteiger partial charge in [-0.2, -0.15) is 0 Å². The molecular formula is C14H22O2. The summed E-state index contributed by atoms with van der Waals surface area (Å²) in [5.74, 6) is 1.42. The van der Waals surface area contributed by atoms with Crippen molar-refractivity contribution < 1.29 is 9.53 Å². The molecule has 2 aliphatic rings. The molecule has 0 aromatic heterocycles. The predicted molar refractivity (Wildman–Crippen MR) is 64.0 cm³/mol. The summed E-state index contributed by atoms with van der Waals surface area (Å²) in [6, 6.07) is 0. The summed E-state index contributed by atoms with van der Waals surface area (Å²) in [6.07, 6.45) is 6.00. The van der Waals surface area contributed by atoms with Crippen molar-refractivity contribution in [2.24, 2.45) is 11.8 Å². The van der Waals surface area contributed by atoms with Gasteiger partial charge in [0.15, 0.2) is 0 Å². The van der Waals surface area contributed by atoms with Crippen molar-refractivity contribution in [1.29, 1.82) is 0 Å². The van der Waals surface area contributed by atoms with Gasteiger partial charge in [-0.3, -0.25) is 0 Å². The highest BCUT2D eigenvalue weighted by Gasteiger charge is 2.41. The molecule has 2 heteroatoms. The molecular weight excluding hydrogens is 200 g/mol. The molecule has 0 amide bonds. The minimum absolute atomic E-state index is 0.0694. The summed E-state index contributed by atoms with van der Waals surface area (Å²) >= 11 is 0. The Morgan fingerprint density at radius 3 is 2.44 bits per heavy atom. The van der Waals surface area contributed by atoms with Crippen molar-refractivity contribution in [3.05, 3.63) is 11.1 Å². The van der Waals surface area contributed by atoms with E-state index < -0.39 is 0 Å². The molecule has 3 atom stereocenters. The largest absolute Gasteiger partial charge is 0.459 e. The maximum absolute atomic E-state index is 12.0. The van der Waals surface area contributed by atoms with Gasteiger partial charge >= 0.3 is 5.97 Å². The summed E-state index contributed by atoms with van der Waals surface area (Å²) < 4.78 is 5.66. The number of allylic oxidation sites excluding steroid dienone is 1. The molecule has 90 valence electrons. The van der Waals surface area contributed by atoms with Crippen LogP contribution in [0.15, 0.2) is 11.1 Å². The van der Waals surface area contributed by atoms with Gasteiger partial charge in [-0.05, 0) is 57.8 Å². The molecule has 0 radical (unpaired) electrons. The smallest absolute Gasteiger partial charge is 0.334 e. The van der Waals surface area contributed by atoms with Gasteiger partial charge < -0.3 is 4.74 Å². The van der Waals surface area contributed by atoms with Crippen LogP contribution in [0, 0.1) is 11.8 Å². The monoisotopic (exact) mass is 222 g/mol. The zero-order valence-corrected chi connectivity index (χ0v) is 10.6. The van der Waals surface area contributed by atoms with Gasteiger partial charge in [0.05, 0.1) is 0 Å². The molecule has 0 aliphatic heterocycles. The van der Waals surface area contributed by atoms with E-state index in [0.29, 0.717) is 5.92 Å². The van der Waals surface area contributed by atoms with Crippen LogP contribution in [0.3, 0.4) is 0 Å². The van der Waals surface area contributed by atoms with Gasteiger partial charge in [0.2, 0.25) is 0 Å². The molecule has 2 nitrogen and oxygen atoms in total. The van der Waals surface area contributed by atoms with Crippen LogP contribution in [0.25, 0.3) is 0 Å². The van der Waals surface area contributed by atoms with Crippen LogP contribution in [0.1, 0.15) is 52.9 Å². The lowest BCUT2D eigenvalue weighted by atomic mass is 9.97. The van der Waals surface area contributed by atoms with Crippen LogP contribution in [0.2, 0.25) is 0 Å². The SMILES string of the molecule is CCC(C(=O)OC1CC2CCC1C2)=C(C)C. The summed E-state index contributed by atoms with van der Waals surface area (Å²) in [5, 5.41) is 0. The fraction of sp³-hybridized carbons (Fsp3) is 0.786. The van der Waals surface area contributed by atoms with E-state index in [2.05, 4.69) is 0 Å². The first-order chi connectivity index (χ1) is 7.61. The Hall–Kier alpha value is -0.790. The van der Waals surface area contributed by atoms with Crippen LogP contribution in [-0.2, 0) is 9.53 Å². The number of hydrogen-bond donors (Lipinski definition) is 0. The van der Waals surface area contributed by atoms with Crippen molar-refractivity contribution in [2.75, 3.05) is 0 Å². The first-order valence-corrected chi connectivity index (χ1v) is 6.49. The zero-order valence-electron chi connectivity index (χ0n) is 10.6. The predicted octanol–water partition coefficient (Wildman–Crippen LogP) is 3.46. The third-order valence-electron chi connectivity index (χ3n) is 4.14. The molecule has 0 heterocycles. The molecule has 16 heavy (non-hydrogen) atoms. The molecule has 0 N–H and O–H groups in total. The van der Waals surface area contributed by atoms with Crippen LogP contribution in [-0.4, -0.2) is 12.1 Å². The maximum atomic E-state index is 12.0. The number of fused-ring (bicyclic) bond motifs is 2. The first-order valence-electron chi connectivity index (χ1n) is 6.49. The van der Waals surface area contributed by atoms with Gasteiger partial charge in [-0.1, -0.05) is 12.5 Å². The molecule has 0 saturated heterocycles. The molecule has 2 saturated carbocycles. The van der Waals surface area contributed by atoms with Crippen molar-refractivity contribution in [3.8, 4) is 0 Å². The number of esters is 1. The molecule has 2 bridgehead atoms. The second-order valence-electron chi connectivity index (χ2n) is 5.45. The van der Waals surface area contributed by atoms with E-state index in [1.807, 2.05) is 20.8 Å². The summed E-state index contributed by atoms with van der Waals surface area (Å²) in [7, 11) is 0. The van der Waals surface area contributed by atoms with Crippen molar-refractivity contribution in [3.63, 3.8) is 0 Å². The van der Waals surface area contributed by atoms with Gasteiger partial charge in [0, 0.05) is 5.57 Å². The highest BCUT2D eigenvalue weighted by atomic mass is 16.5. The fourth-order valence-corrected chi connectivity index (χ4v) is 3.24. The van der Waals surface area contributed by atoms with E-state index in [1.54, 1.807) is 0 Å². The van der Waals surface area contributed by atoms with Crippen LogP contribution in [0.5, 0.6) is 0 Å². The van der Waals surface area contributed by atoms with E-state index in [0.717, 1.165) is 29.9 Å². The van der Waals surface area contributed by atoms with E-state index in [4.69, 9.17) is 4.74 Å². The summed E-state index contributed by atoms with van der Waals surface area (Å²) in [5.41, 5.74) is 1.96. The highest BCUT2D eigenvalue weighted by Crippen LogP contribution is 2.46. The number of carbonyl (C=O) groups is 1. The van der Waals surface area contributed by atoms with Crippen LogP contribution < -0.4 is 0 Å². The maximum Gasteiger partial charge on any atom is 0.334 e. The summed E-state index contributed by atoms with van der Waals surface area (Å²) in [4.78, 5) is 12.0. The molecule has 2 aliphatic carbocycles. The van der Waals surface area contributed by atoms with E-state index in [1.165, 1.54) is 19.3 Å². The van der Waals surface area contributed by atoms with E-state index >= 15 is 0 Å². The topological polar surface area (TPSA) is 26.3 Å². The minimum atomic E-state index is -0.0694. The van der Waals surface area contributed by atoms with Crippen molar-refractivity contribution in [2.45, 2.75) is 59.0 Å². The molecule has 0 aromatic rings. The summed E-state index contributed by atoms with van der Waals surface area (Å²) in [6.45, 7) is 5.99. The standard InChI is InChI=1S/C14H22O2/c1-4-12(9(2)3)14(15)16-13-8-10-5-6-11(13)7-10/h10-11,13H,4-8H2,1-3H3. The molecule has 2 rings (SSSR count). The second-order valence-corrected chi connectivity index (χ2v) is 5.45. The van der Waals surface area contributed by atoms with E-state index in [9.17, 15) is 4.79 Å². The average molecular weight is 222 g/mol. The Labute approximate surface area is 98.1 Å². The van der Waals surface area contributed by atoms with Crippen molar-refractivity contribution in [1.82, 2.24) is 0 Å². The minimum Gasteiger partial charge on any atom is -0.459 e. The Balaban J connectivity index is 1.95. The van der Waals surface area contributed by atoms with Crippen LogP contribution >= 0.6 is 0 Å². The average Bonchev–Trinajstić information content (AvgIpc) is 2.79. The third kappa shape index (κ3) is 2.16. The third-order valence-corrected chi connectivity index (χ3v) is 4.14. The molecule has 0 spiro atoms. The number of hydrogen-bond acceptors (Lipinski definition) is 2. The number of rotatable bonds is 3. The number of carbonyl (C=O) groups excluding carboxylic acids is 1.